The Morgan fingerprint density at radius 1 is 1.00 bits per heavy atom. The van der Waals surface area contributed by atoms with Crippen molar-refractivity contribution in [1.82, 2.24) is 0 Å². The van der Waals surface area contributed by atoms with E-state index >= 15 is 0 Å². The van der Waals surface area contributed by atoms with Crippen molar-refractivity contribution in [3.63, 3.8) is 0 Å². The van der Waals surface area contributed by atoms with Crippen molar-refractivity contribution in [2.45, 2.75) is 78.8 Å². The summed E-state index contributed by atoms with van der Waals surface area (Å²) in [5, 5.41) is 0. The fourth-order valence-electron chi connectivity index (χ4n) is 3.08. The van der Waals surface area contributed by atoms with Gasteiger partial charge in [0, 0.05) is 5.92 Å². The molecule has 1 nitrogen and oxygen atoms in total. The Kier molecular flexibility index (Phi) is 7.00. The van der Waals surface area contributed by atoms with Crippen molar-refractivity contribution in [2.24, 2.45) is 17.3 Å². The molecule has 0 aromatic heterocycles. The molecule has 1 fully saturated rings. The van der Waals surface area contributed by atoms with Crippen molar-refractivity contribution in [3.8, 4) is 12.0 Å². The van der Waals surface area contributed by atoms with Crippen LogP contribution in [0.15, 0.2) is 0 Å². The van der Waals surface area contributed by atoms with Gasteiger partial charge in [-0.3, -0.25) is 0 Å². The molecule has 110 valence electrons. The van der Waals surface area contributed by atoms with Gasteiger partial charge in [-0.25, -0.2) is 0 Å². The van der Waals surface area contributed by atoms with Gasteiger partial charge in [-0.05, 0) is 37.3 Å². The van der Waals surface area contributed by atoms with Crippen LogP contribution < -0.4 is 0 Å². The van der Waals surface area contributed by atoms with Crippen LogP contribution in [0, 0.1) is 29.3 Å². The molecule has 1 aliphatic carbocycles. The molecule has 0 unspecified atom stereocenters. The van der Waals surface area contributed by atoms with Crippen LogP contribution >= 0.6 is 0 Å². The summed E-state index contributed by atoms with van der Waals surface area (Å²) >= 11 is 0. The molecule has 0 heterocycles. The predicted octanol–water partition coefficient (Wildman–Crippen LogP) is 4.97. The van der Waals surface area contributed by atoms with E-state index in [1.54, 1.807) is 0 Å². The average molecular weight is 281 g/mol. The van der Waals surface area contributed by atoms with Gasteiger partial charge in [-0.1, -0.05) is 58.8 Å². The standard InChI is InChI=1S/C17H32OSi/c1-17(2,3)16(13-14-18-19(4)5)15-11-9-7-6-8-10-12-15/h15-16,19H,6-12H2,1-5H3/t16-/m0/s1. The lowest BCUT2D eigenvalue weighted by Crippen LogP contribution is -2.28. The second-order valence-corrected chi connectivity index (χ2v) is 9.70. The lowest BCUT2D eigenvalue weighted by atomic mass is 9.70. The minimum atomic E-state index is -1.02. The molecule has 0 bridgehead atoms. The van der Waals surface area contributed by atoms with Gasteiger partial charge in [-0.2, -0.15) is 0 Å². The molecular weight excluding hydrogens is 248 g/mol. The largest absolute Gasteiger partial charge is 0.505 e. The molecule has 1 atom stereocenters. The van der Waals surface area contributed by atoms with Crippen molar-refractivity contribution >= 4 is 9.04 Å². The van der Waals surface area contributed by atoms with Crippen LogP contribution in [0.4, 0.5) is 0 Å². The molecule has 1 saturated carbocycles. The maximum atomic E-state index is 5.59. The van der Waals surface area contributed by atoms with E-state index in [4.69, 9.17) is 4.43 Å². The molecule has 0 aliphatic heterocycles. The molecular formula is C17H32OSi. The summed E-state index contributed by atoms with van der Waals surface area (Å²) in [5.74, 6) is 4.72. The highest BCUT2D eigenvalue weighted by Crippen LogP contribution is 2.38. The zero-order chi connectivity index (χ0) is 14.3. The highest BCUT2D eigenvalue weighted by molar-refractivity contribution is 6.48. The first-order chi connectivity index (χ1) is 8.91. The van der Waals surface area contributed by atoms with Crippen molar-refractivity contribution < 1.29 is 4.43 Å². The summed E-state index contributed by atoms with van der Waals surface area (Å²) in [6.45, 7) is 11.3. The summed E-state index contributed by atoms with van der Waals surface area (Å²) in [7, 11) is -1.02. The van der Waals surface area contributed by atoms with Crippen molar-refractivity contribution in [3.05, 3.63) is 0 Å². The fourth-order valence-corrected chi connectivity index (χ4v) is 3.38. The Hall–Kier alpha value is -0.423. The van der Waals surface area contributed by atoms with Crippen LogP contribution in [0.1, 0.15) is 65.7 Å². The number of hydrogen-bond acceptors (Lipinski definition) is 1. The third-order valence-electron chi connectivity index (χ3n) is 4.06. The van der Waals surface area contributed by atoms with Crippen LogP contribution in [-0.4, -0.2) is 9.04 Å². The van der Waals surface area contributed by atoms with Crippen LogP contribution in [0.25, 0.3) is 0 Å². The molecule has 19 heavy (non-hydrogen) atoms. The van der Waals surface area contributed by atoms with E-state index in [2.05, 4.69) is 45.9 Å². The smallest absolute Gasteiger partial charge is 0.244 e. The number of hydrogen-bond donors (Lipinski definition) is 0. The Bertz CT molecular complexity index is 297. The van der Waals surface area contributed by atoms with Crippen molar-refractivity contribution in [2.75, 3.05) is 0 Å². The lowest BCUT2D eigenvalue weighted by Gasteiger charge is -2.34. The van der Waals surface area contributed by atoms with Crippen LogP contribution in [0.5, 0.6) is 0 Å². The topological polar surface area (TPSA) is 9.23 Å². The van der Waals surface area contributed by atoms with Gasteiger partial charge in [0.25, 0.3) is 0 Å². The first-order valence-electron chi connectivity index (χ1n) is 8.07. The van der Waals surface area contributed by atoms with E-state index in [0.717, 1.165) is 5.92 Å². The third-order valence-corrected chi connectivity index (χ3v) is 4.65. The fraction of sp³-hybridized carbons (Fsp3) is 0.882. The SMILES string of the molecule is C[SiH](C)OC#C[C@@H](C1CCCCCCC1)C(C)(C)C. The van der Waals surface area contributed by atoms with Crippen LogP contribution in [0.2, 0.25) is 13.1 Å². The molecule has 0 amide bonds. The Morgan fingerprint density at radius 3 is 2.00 bits per heavy atom. The molecule has 0 saturated heterocycles. The summed E-state index contributed by atoms with van der Waals surface area (Å²) in [6, 6.07) is 0. The minimum Gasteiger partial charge on any atom is -0.505 e. The van der Waals surface area contributed by atoms with Crippen molar-refractivity contribution in [1.29, 1.82) is 0 Å². The van der Waals surface area contributed by atoms with Gasteiger partial charge in [0.05, 0.1) is 6.11 Å². The zero-order valence-electron chi connectivity index (χ0n) is 13.6. The first kappa shape index (κ1) is 16.6. The van der Waals surface area contributed by atoms with E-state index in [1.165, 1.54) is 44.9 Å². The van der Waals surface area contributed by atoms with E-state index in [1.807, 2.05) is 0 Å². The van der Waals surface area contributed by atoms with Crippen LogP contribution in [-0.2, 0) is 4.43 Å². The van der Waals surface area contributed by atoms with Gasteiger partial charge in [0.2, 0.25) is 9.04 Å². The second-order valence-electron chi connectivity index (χ2n) is 7.36. The quantitative estimate of drug-likeness (QED) is 0.512. The van der Waals surface area contributed by atoms with Gasteiger partial charge >= 0.3 is 0 Å². The summed E-state index contributed by atoms with van der Waals surface area (Å²) in [6.07, 6.45) is 12.8. The highest BCUT2D eigenvalue weighted by Gasteiger charge is 2.31. The molecule has 0 N–H and O–H groups in total. The number of rotatable bonds is 2. The average Bonchev–Trinajstić information content (AvgIpc) is 2.23. The summed E-state index contributed by atoms with van der Waals surface area (Å²) in [4.78, 5) is 0. The van der Waals surface area contributed by atoms with E-state index in [-0.39, 0.29) is 5.41 Å². The summed E-state index contributed by atoms with van der Waals surface area (Å²) in [5.41, 5.74) is 0.263. The zero-order valence-corrected chi connectivity index (χ0v) is 14.7. The Labute approximate surface area is 122 Å². The Morgan fingerprint density at radius 2 is 1.53 bits per heavy atom. The molecule has 0 spiro atoms. The van der Waals surface area contributed by atoms with E-state index < -0.39 is 9.04 Å². The molecule has 0 aromatic rings. The maximum absolute atomic E-state index is 5.59. The lowest BCUT2D eigenvalue weighted by molar-refractivity contribution is 0.184. The highest BCUT2D eigenvalue weighted by atomic mass is 28.3. The van der Waals surface area contributed by atoms with Gasteiger partial charge in [-0.15, -0.1) is 0 Å². The molecule has 2 heteroatoms. The Balaban J connectivity index is 2.73. The maximum Gasteiger partial charge on any atom is 0.244 e. The van der Waals surface area contributed by atoms with Crippen LogP contribution in [0.3, 0.4) is 0 Å². The normalized spacial score (nSPS) is 20.1. The molecule has 0 aromatic carbocycles. The predicted molar refractivity (Wildman–Crippen MR) is 86.5 cm³/mol. The second kappa shape index (κ2) is 8.00. The first-order valence-corrected chi connectivity index (χ1v) is 10.9. The molecule has 0 radical (unpaired) electrons. The van der Waals surface area contributed by atoms with Gasteiger partial charge in [0.15, 0.2) is 0 Å². The summed E-state index contributed by atoms with van der Waals surface area (Å²) < 4.78 is 5.59. The third kappa shape index (κ3) is 6.52. The van der Waals surface area contributed by atoms with Gasteiger partial charge < -0.3 is 4.43 Å². The van der Waals surface area contributed by atoms with E-state index in [9.17, 15) is 0 Å². The molecule has 1 aliphatic rings. The monoisotopic (exact) mass is 280 g/mol. The van der Waals surface area contributed by atoms with Gasteiger partial charge in [0.1, 0.15) is 0 Å². The molecule has 1 rings (SSSR count). The minimum absolute atomic E-state index is 0.263. The van der Waals surface area contributed by atoms with E-state index in [0.29, 0.717) is 5.92 Å².